The largest absolute Gasteiger partial charge is 0.355 e. The summed E-state index contributed by atoms with van der Waals surface area (Å²) >= 11 is 0. The summed E-state index contributed by atoms with van der Waals surface area (Å²) in [6, 6.07) is -0.106. The summed E-state index contributed by atoms with van der Waals surface area (Å²) in [7, 11) is 0. The molecule has 1 aromatic heterocycles. The van der Waals surface area contributed by atoms with E-state index in [9.17, 15) is 4.79 Å². The lowest BCUT2D eigenvalue weighted by molar-refractivity contribution is -0.123. The van der Waals surface area contributed by atoms with Crippen LogP contribution in [-0.2, 0) is 10.3 Å². The van der Waals surface area contributed by atoms with Crippen LogP contribution in [0.2, 0.25) is 0 Å². The predicted molar refractivity (Wildman–Crippen MR) is 85.2 cm³/mol. The van der Waals surface area contributed by atoms with Gasteiger partial charge in [0, 0.05) is 44.1 Å². The molecule has 6 heteroatoms. The molecular weight excluding hydrogens is 266 g/mol. The lowest BCUT2D eigenvalue weighted by Gasteiger charge is -2.28. The van der Waals surface area contributed by atoms with Crippen molar-refractivity contribution < 1.29 is 4.79 Å². The fraction of sp³-hybridized carbons (Fsp3) is 0.733. The first-order valence-corrected chi connectivity index (χ1v) is 7.80. The van der Waals surface area contributed by atoms with Crippen molar-refractivity contribution in [1.29, 1.82) is 0 Å². The first kappa shape index (κ1) is 17.7. The van der Waals surface area contributed by atoms with E-state index in [2.05, 4.69) is 39.3 Å². The van der Waals surface area contributed by atoms with Gasteiger partial charge in [0.2, 0.25) is 5.91 Å². The van der Waals surface area contributed by atoms with Crippen LogP contribution in [0.5, 0.6) is 0 Å². The van der Waals surface area contributed by atoms with E-state index in [0.29, 0.717) is 13.1 Å². The molecule has 120 valence electrons. The minimum absolute atomic E-state index is 0.0397. The molecule has 21 heavy (non-hydrogen) atoms. The summed E-state index contributed by atoms with van der Waals surface area (Å²) in [6.07, 6.45) is 6.41. The Morgan fingerprint density at radius 1 is 1.43 bits per heavy atom. The molecule has 1 aliphatic heterocycles. The van der Waals surface area contributed by atoms with Crippen LogP contribution in [-0.4, -0.2) is 47.7 Å². The fourth-order valence-electron chi connectivity index (χ4n) is 2.20. The number of imidazole rings is 1. The SMILES string of the molecule is CC.CC(C)(CCNC(=O)[C@H]1CNCCN1)n1ccnc1. The summed E-state index contributed by atoms with van der Waals surface area (Å²) in [5, 5.41) is 9.41. The summed E-state index contributed by atoms with van der Waals surface area (Å²) in [5.41, 5.74) is -0.0397. The van der Waals surface area contributed by atoms with Crippen molar-refractivity contribution in [3.63, 3.8) is 0 Å². The van der Waals surface area contributed by atoms with Gasteiger partial charge in [0.05, 0.1) is 12.4 Å². The van der Waals surface area contributed by atoms with Crippen LogP contribution in [0.15, 0.2) is 18.7 Å². The lowest BCUT2D eigenvalue weighted by atomic mass is 10.0. The normalized spacial score (nSPS) is 18.6. The van der Waals surface area contributed by atoms with Gasteiger partial charge in [-0.05, 0) is 20.3 Å². The molecule has 3 N–H and O–H groups in total. The third-order valence-corrected chi connectivity index (χ3v) is 3.60. The van der Waals surface area contributed by atoms with Crippen molar-refractivity contribution in [3.8, 4) is 0 Å². The highest BCUT2D eigenvalue weighted by Crippen LogP contribution is 2.18. The Morgan fingerprint density at radius 2 is 2.19 bits per heavy atom. The number of carbonyl (C=O) groups is 1. The maximum absolute atomic E-state index is 11.9. The Hall–Kier alpha value is -1.40. The Kier molecular flexibility index (Phi) is 7.39. The van der Waals surface area contributed by atoms with Gasteiger partial charge in [0.25, 0.3) is 0 Å². The van der Waals surface area contributed by atoms with Crippen LogP contribution in [0.1, 0.15) is 34.1 Å². The van der Waals surface area contributed by atoms with E-state index in [0.717, 1.165) is 19.5 Å². The molecule has 1 aliphatic rings. The van der Waals surface area contributed by atoms with E-state index in [1.54, 1.807) is 6.20 Å². The number of aromatic nitrogens is 2. The first-order chi connectivity index (χ1) is 10.1. The van der Waals surface area contributed by atoms with Crippen LogP contribution in [0.4, 0.5) is 0 Å². The van der Waals surface area contributed by atoms with Crippen molar-refractivity contribution in [3.05, 3.63) is 18.7 Å². The van der Waals surface area contributed by atoms with Crippen LogP contribution in [0.3, 0.4) is 0 Å². The predicted octanol–water partition coefficient (Wildman–Crippen LogP) is 0.712. The molecule has 1 fully saturated rings. The van der Waals surface area contributed by atoms with Gasteiger partial charge in [-0.3, -0.25) is 4.79 Å². The van der Waals surface area contributed by atoms with Gasteiger partial charge in [-0.2, -0.15) is 0 Å². The van der Waals surface area contributed by atoms with E-state index < -0.39 is 0 Å². The highest BCUT2D eigenvalue weighted by atomic mass is 16.2. The van der Waals surface area contributed by atoms with Gasteiger partial charge in [-0.15, -0.1) is 0 Å². The first-order valence-electron chi connectivity index (χ1n) is 7.80. The van der Waals surface area contributed by atoms with Crippen molar-refractivity contribution in [2.75, 3.05) is 26.2 Å². The molecule has 1 amide bonds. The molecule has 2 heterocycles. The summed E-state index contributed by atoms with van der Waals surface area (Å²) in [4.78, 5) is 16.0. The zero-order valence-electron chi connectivity index (χ0n) is 13.6. The van der Waals surface area contributed by atoms with E-state index in [1.165, 1.54) is 0 Å². The van der Waals surface area contributed by atoms with Gasteiger partial charge < -0.3 is 20.5 Å². The maximum Gasteiger partial charge on any atom is 0.238 e. The number of nitrogens with one attached hydrogen (secondary N) is 3. The van der Waals surface area contributed by atoms with E-state index >= 15 is 0 Å². The van der Waals surface area contributed by atoms with Crippen molar-refractivity contribution in [2.24, 2.45) is 0 Å². The fourth-order valence-corrected chi connectivity index (χ4v) is 2.20. The number of carbonyl (C=O) groups excluding carboxylic acids is 1. The van der Waals surface area contributed by atoms with Crippen molar-refractivity contribution in [1.82, 2.24) is 25.5 Å². The third kappa shape index (κ3) is 5.47. The molecule has 1 atom stereocenters. The zero-order valence-corrected chi connectivity index (χ0v) is 13.6. The van der Waals surface area contributed by atoms with Gasteiger partial charge in [0.1, 0.15) is 0 Å². The van der Waals surface area contributed by atoms with Crippen LogP contribution in [0, 0.1) is 0 Å². The van der Waals surface area contributed by atoms with Crippen LogP contribution < -0.4 is 16.0 Å². The molecule has 1 saturated heterocycles. The molecule has 2 rings (SSSR count). The minimum atomic E-state index is -0.106. The molecule has 0 aliphatic carbocycles. The number of piperazine rings is 1. The van der Waals surface area contributed by atoms with E-state index in [1.807, 2.05) is 26.4 Å². The number of hydrogen-bond donors (Lipinski definition) is 3. The highest BCUT2D eigenvalue weighted by molar-refractivity contribution is 5.82. The monoisotopic (exact) mass is 295 g/mol. The summed E-state index contributed by atoms with van der Waals surface area (Å²) in [6.45, 7) is 11.4. The number of hydrogen-bond acceptors (Lipinski definition) is 4. The Bertz CT molecular complexity index is 396. The molecular formula is C15H29N5O. The Balaban J connectivity index is 0.00000106. The highest BCUT2D eigenvalue weighted by Gasteiger charge is 2.22. The molecule has 0 saturated carbocycles. The summed E-state index contributed by atoms with van der Waals surface area (Å²) < 4.78 is 2.07. The quantitative estimate of drug-likeness (QED) is 0.748. The van der Waals surface area contributed by atoms with E-state index in [-0.39, 0.29) is 17.5 Å². The average molecular weight is 295 g/mol. The second-order valence-corrected chi connectivity index (χ2v) is 5.53. The zero-order chi connectivity index (χ0) is 15.7. The topological polar surface area (TPSA) is 71.0 Å². The second-order valence-electron chi connectivity index (χ2n) is 5.53. The Labute approximate surface area is 127 Å². The number of nitrogens with zero attached hydrogens (tertiary/aromatic N) is 2. The van der Waals surface area contributed by atoms with Gasteiger partial charge in [0.15, 0.2) is 0 Å². The molecule has 0 spiro atoms. The van der Waals surface area contributed by atoms with Gasteiger partial charge in [-0.1, -0.05) is 13.8 Å². The molecule has 1 aromatic rings. The smallest absolute Gasteiger partial charge is 0.238 e. The maximum atomic E-state index is 11.9. The Morgan fingerprint density at radius 3 is 2.76 bits per heavy atom. The third-order valence-electron chi connectivity index (χ3n) is 3.60. The molecule has 0 radical (unpaired) electrons. The van der Waals surface area contributed by atoms with Crippen molar-refractivity contribution in [2.45, 2.75) is 45.7 Å². The second kappa shape index (κ2) is 8.79. The van der Waals surface area contributed by atoms with Crippen LogP contribution in [0.25, 0.3) is 0 Å². The lowest BCUT2D eigenvalue weighted by Crippen LogP contribution is -2.56. The molecule has 0 bridgehead atoms. The molecule has 6 nitrogen and oxygen atoms in total. The number of amides is 1. The van der Waals surface area contributed by atoms with E-state index in [4.69, 9.17) is 0 Å². The van der Waals surface area contributed by atoms with Crippen LogP contribution >= 0.6 is 0 Å². The van der Waals surface area contributed by atoms with Gasteiger partial charge in [-0.25, -0.2) is 4.98 Å². The average Bonchev–Trinajstić information content (AvgIpc) is 3.05. The molecule has 0 aromatic carbocycles. The number of rotatable bonds is 5. The minimum Gasteiger partial charge on any atom is -0.355 e. The van der Waals surface area contributed by atoms with Crippen molar-refractivity contribution >= 4 is 5.91 Å². The standard InChI is InChI=1S/C13H23N5O.C2H6/c1-13(2,18-8-7-15-10-18)3-4-17-12(19)11-9-14-5-6-16-11;1-2/h7-8,10-11,14,16H,3-6,9H2,1-2H3,(H,17,19);1-2H3/t11-;/m1./s1. The molecule has 0 unspecified atom stereocenters. The van der Waals surface area contributed by atoms with Gasteiger partial charge >= 0.3 is 0 Å². The summed E-state index contributed by atoms with van der Waals surface area (Å²) in [5.74, 6) is 0.0774.